The summed E-state index contributed by atoms with van der Waals surface area (Å²) in [6.45, 7) is 2.84. The van der Waals surface area contributed by atoms with Gasteiger partial charge in [-0.2, -0.15) is 0 Å². The summed E-state index contributed by atoms with van der Waals surface area (Å²) in [4.78, 5) is 20.6. The van der Waals surface area contributed by atoms with E-state index in [1.165, 1.54) is 12.8 Å². The van der Waals surface area contributed by atoms with Crippen LogP contribution in [-0.2, 0) is 17.8 Å². The molecule has 3 heterocycles. The van der Waals surface area contributed by atoms with E-state index in [2.05, 4.69) is 21.3 Å². The minimum absolute atomic E-state index is 0.253. The van der Waals surface area contributed by atoms with E-state index in [0.29, 0.717) is 24.4 Å². The first kappa shape index (κ1) is 15.3. The summed E-state index contributed by atoms with van der Waals surface area (Å²) in [5.41, 5.74) is 0.369. The van der Waals surface area contributed by atoms with E-state index in [0.717, 1.165) is 29.4 Å². The van der Waals surface area contributed by atoms with Crippen LogP contribution in [0.15, 0.2) is 29.1 Å². The van der Waals surface area contributed by atoms with Gasteiger partial charge >= 0.3 is 0 Å². The Balaban J connectivity index is 1.51. The highest BCUT2D eigenvalue weighted by Crippen LogP contribution is 2.56. The van der Waals surface area contributed by atoms with E-state index >= 15 is 0 Å². The van der Waals surface area contributed by atoms with Crippen LogP contribution in [-0.4, -0.2) is 34.9 Å². The van der Waals surface area contributed by atoms with Gasteiger partial charge in [0.05, 0.1) is 13.0 Å². The van der Waals surface area contributed by atoms with Crippen molar-refractivity contribution in [1.29, 1.82) is 0 Å². The third kappa shape index (κ3) is 3.20. The van der Waals surface area contributed by atoms with Gasteiger partial charge in [0.1, 0.15) is 5.01 Å². The molecule has 0 bridgehead atoms. The van der Waals surface area contributed by atoms with Gasteiger partial charge in [-0.25, -0.2) is 4.98 Å². The first-order valence-corrected chi connectivity index (χ1v) is 9.94. The lowest BCUT2D eigenvalue weighted by Crippen LogP contribution is -2.39. The maximum absolute atomic E-state index is 12.9. The monoisotopic (exact) mass is 347 g/mol. The number of carbonyl (C=O) groups excluding carboxylic acids is 1. The van der Waals surface area contributed by atoms with E-state index in [4.69, 9.17) is 0 Å². The highest BCUT2D eigenvalue weighted by Gasteiger charge is 2.57. The number of nitrogens with one attached hydrogen (secondary N) is 1. The fourth-order valence-electron chi connectivity index (χ4n) is 3.74. The maximum Gasteiger partial charge on any atom is 0.228 e. The second-order valence-electron chi connectivity index (χ2n) is 6.54. The minimum Gasteiger partial charge on any atom is -0.332 e. The van der Waals surface area contributed by atoms with E-state index in [1.54, 1.807) is 22.7 Å². The zero-order valence-electron chi connectivity index (χ0n) is 13.0. The lowest BCUT2D eigenvalue weighted by atomic mass is 9.93. The summed E-state index contributed by atoms with van der Waals surface area (Å²) in [7, 11) is 0. The summed E-state index contributed by atoms with van der Waals surface area (Å²) in [5.74, 6) is 0.253. The first-order valence-electron chi connectivity index (χ1n) is 8.18. The molecule has 0 aromatic carbocycles. The molecular weight excluding hydrogens is 326 g/mol. The molecule has 4 rings (SSSR count). The predicted molar refractivity (Wildman–Crippen MR) is 93.6 cm³/mol. The average Bonchev–Trinajstić information content (AvgIpc) is 2.99. The molecule has 122 valence electrons. The van der Waals surface area contributed by atoms with Crippen molar-refractivity contribution < 1.29 is 4.79 Å². The SMILES string of the molecule is O=C(Cc1cccs1)N(Cc1nccs1)C1CC12CCNCC2. The van der Waals surface area contributed by atoms with Crippen LogP contribution in [0.1, 0.15) is 29.1 Å². The Kier molecular flexibility index (Phi) is 4.22. The van der Waals surface area contributed by atoms with Crippen LogP contribution in [0.3, 0.4) is 0 Å². The van der Waals surface area contributed by atoms with Gasteiger partial charge in [0.15, 0.2) is 0 Å². The van der Waals surface area contributed by atoms with Crippen LogP contribution in [0.5, 0.6) is 0 Å². The van der Waals surface area contributed by atoms with Gasteiger partial charge in [-0.1, -0.05) is 6.07 Å². The Bertz CT molecular complexity index is 647. The molecule has 4 nitrogen and oxygen atoms in total. The number of hydrogen-bond acceptors (Lipinski definition) is 5. The van der Waals surface area contributed by atoms with Gasteiger partial charge in [-0.3, -0.25) is 4.79 Å². The molecule has 23 heavy (non-hydrogen) atoms. The van der Waals surface area contributed by atoms with Crippen molar-refractivity contribution in [2.24, 2.45) is 5.41 Å². The highest BCUT2D eigenvalue weighted by atomic mass is 32.1. The standard InChI is InChI=1S/C17H21N3OS2/c21-16(10-13-2-1-8-22-13)20(12-15-19-7-9-23-15)14-11-17(14)3-5-18-6-4-17/h1-2,7-9,14,18H,3-6,10-12H2. The zero-order valence-corrected chi connectivity index (χ0v) is 14.7. The third-order valence-electron chi connectivity index (χ3n) is 5.14. The molecule has 1 amide bonds. The van der Waals surface area contributed by atoms with Crippen LogP contribution in [0, 0.1) is 5.41 Å². The average molecular weight is 348 g/mol. The highest BCUT2D eigenvalue weighted by molar-refractivity contribution is 7.10. The maximum atomic E-state index is 12.9. The van der Waals surface area contributed by atoms with Crippen molar-refractivity contribution in [3.63, 3.8) is 0 Å². The Labute approximate surface area is 144 Å². The number of aromatic nitrogens is 1. The van der Waals surface area contributed by atoms with Gasteiger partial charge in [-0.05, 0) is 49.2 Å². The van der Waals surface area contributed by atoms with E-state index < -0.39 is 0 Å². The Hall–Kier alpha value is -1.24. The summed E-state index contributed by atoms with van der Waals surface area (Å²) < 4.78 is 0. The summed E-state index contributed by atoms with van der Waals surface area (Å²) >= 11 is 3.31. The van der Waals surface area contributed by atoms with Crippen molar-refractivity contribution in [3.8, 4) is 0 Å². The molecule has 2 aromatic rings. The van der Waals surface area contributed by atoms with Gasteiger partial charge < -0.3 is 10.2 Å². The lowest BCUT2D eigenvalue weighted by Gasteiger charge is -2.29. The molecule has 2 aromatic heterocycles. The van der Waals surface area contributed by atoms with Crippen molar-refractivity contribution in [3.05, 3.63) is 39.0 Å². The second kappa shape index (κ2) is 6.34. The topological polar surface area (TPSA) is 45.2 Å². The smallest absolute Gasteiger partial charge is 0.228 e. The van der Waals surface area contributed by atoms with E-state index in [-0.39, 0.29) is 5.91 Å². The molecule has 1 atom stereocenters. The van der Waals surface area contributed by atoms with Gasteiger partial charge in [0, 0.05) is 22.5 Å². The van der Waals surface area contributed by atoms with Crippen molar-refractivity contribution in [2.75, 3.05) is 13.1 Å². The fourth-order valence-corrected chi connectivity index (χ4v) is 5.05. The van der Waals surface area contributed by atoms with Crippen LogP contribution in [0.2, 0.25) is 0 Å². The van der Waals surface area contributed by atoms with Crippen LogP contribution < -0.4 is 5.32 Å². The van der Waals surface area contributed by atoms with Crippen LogP contribution in [0.25, 0.3) is 0 Å². The molecule has 0 radical (unpaired) electrons. The number of piperidine rings is 1. The Morgan fingerprint density at radius 2 is 2.22 bits per heavy atom. The van der Waals surface area contributed by atoms with Crippen LogP contribution >= 0.6 is 22.7 Å². The molecule has 2 fully saturated rings. The van der Waals surface area contributed by atoms with Crippen molar-refractivity contribution >= 4 is 28.6 Å². The number of carbonyl (C=O) groups is 1. The van der Waals surface area contributed by atoms with E-state index in [9.17, 15) is 4.79 Å². The Morgan fingerprint density at radius 3 is 2.91 bits per heavy atom. The minimum atomic E-state index is 0.253. The molecule has 6 heteroatoms. The first-order chi connectivity index (χ1) is 11.3. The molecule has 1 aliphatic carbocycles. The summed E-state index contributed by atoms with van der Waals surface area (Å²) in [5, 5.41) is 8.51. The summed E-state index contributed by atoms with van der Waals surface area (Å²) in [6.07, 6.45) is 5.90. The molecule has 1 aliphatic heterocycles. The molecule has 1 spiro atoms. The number of thiophene rings is 1. The molecule has 1 saturated heterocycles. The van der Waals surface area contributed by atoms with E-state index in [1.807, 2.05) is 23.0 Å². The lowest BCUT2D eigenvalue weighted by molar-refractivity contribution is -0.132. The zero-order chi connectivity index (χ0) is 15.7. The van der Waals surface area contributed by atoms with Gasteiger partial charge in [0.25, 0.3) is 0 Å². The third-order valence-corrected chi connectivity index (χ3v) is 6.78. The molecule has 1 saturated carbocycles. The largest absolute Gasteiger partial charge is 0.332 e. The number of nitrogens with zero attached hydrogens (tertiary/aromatic N) is 2. The number of hydrogen-bond donors (Lipinski definition) is 1. The van der Waals surface area contributed by atoms with Crippen LogP contribution in [0.4, 0.5) is 0 Å². The number of amides is 1. The molecular formula is C17H21N3OS2. The number of rotatable bonds is 5. The molecule has 1 unspecified atom stereocenters. The van der Waals surface area contributed by atoms with Gasteiger partial charge in [0.2, 0.25) is 5.91 Å². The molecule has 1 N–H and O–H groups in total. The Morgan fingerprint density at radius 1 is 1.35 bits per heavy atom. The summed E-state index contributed by atoms with van der Waals surface area (Å²) in [6, 6.07) is 4.47. The second-order valence-corrected chi connectivity index (χ2v) is 8.55. The fraction of sp³-hybridized carbons (Fsp3) is 0.529. The quantitative estimate of drug-likeness (QED) is 0.904. The van der Waals surface area contributed by atoms with Crippen molar-refractivity contribution in [1.82, 2.24) is 15.2 Å². The predicted octanol–water partition coefficient (Wildman–Crippen LogP) is 2.92. The number of thiazole rings is 1. The molecule has 2 aliphatic rings. The van der Waals surface area contributed by atoms with Gasteiger partial charge in [-0.15, -0.1) is 22.7 Å². The normalized spacial score (nSPS) is 22.2. The van der Waals surface area contributed by atoms with Crippen molar-refractivity contribution in [2.45, 2.75) is 38.3 Å².